The van der Waals surface area contributed by atoms with Crippen LogP contribution in [-0.4, -0.2) is 60.7 Å². The maximum absolute atomic E-state index is 12.8. The lowest BCUT2D eigenvalue weighted by molar-refractivity contribution is -0.148. The number of carbonyl (C=O) groups is 3. The molecule has 0 aromatic rings. The highest BCUT2D eigenvalue weighted by atomic mass is 16.2. The van der Waals surface area contributed by atoms with E-state index in [2.05, 4.69) is 10.2 Å². The molecule has 1 aliphatic carbocycles. The van der Waals surface area contributed by atoms with Crippen molar-refractivity contribution in [3.63, 3.8) is 0 Å². The van der Waals surface area contributed by atoms with Gasteiger partial charge in [0.15, 0.2) is 0 Å². The van der Waals surface area contributed by atoms with Crippen molar-refractivity contribution in [2.75, 3.05) is 27.2 Å². The SMILES string of the molecule is CC(C)CC(C(=O)NCCCN(C)C)N1C(=O)C2CC=CCC2C1=O. The Balaban J connectivity index is 2.07. The fourth-order valence-corrected chi connectivity index (χ4v) is 3.63. The van der Waals surface area contributed by atoms with Gasteiger partial charge in [-0.05, 0) is 52.2 Å². The minimum atomic E-state index is -0.690. The van der Waals surface area contributed by atoms with Crippen LogP contribution in [0.3, 0.4) is 0 Å². The summed E-state index contributed by atoms with van der Waals surface area (Å²) in [6, 6.07) is -0.690. The van der Waals surface area contributed by atoms with Crippen LogP contribution in [0.5, 0.6) is 0 Å². The summed E-state index contributed by atoms with van der Waals surface area (Å²) in [7, 11) is 3.97. The molecule has 6 nitrogen and oxygen atoms in total. The molecule has 2 aliphatic rings. The summed E-state index contributed by atoms with van der Waals surface area (Å²) in [5, 5.41) is 2.92. The van der Waals surface area contributed by atoms with Crippen molar-refractivity contribution in [3.8, 4) is 0 Å². The number of rotatable bonds is 8. The summed E-state index contributed by atoms with van der Waals surface area (Å²) < 4.78 is 0. The summed E-state index contributed by atoms with van der Waals surface area (Å²) in [5.41, 5.74) is 0. The zero-order chi connectivity index (χ0) is 18.6. The van der Waals surface area contributed by atoms with Gasteiger partial charge in [0.25, 0.3) is 0 Å². The van der Waals surface area contributed by atoms with Crippen molar-refractivity contribution in [2.24, 2.45) is 17.8 Å². The molecule has 3 unspecified atom stereocenters. The molecular weight excluding hydrogens is 318 g/mol. The molecule has 0 aromatic carbocycles. The number of likely N-dealkylation sites (tertiary alicyclic amines) is 1. The first-order valence-corrected chi connectivity index (χ1v) is 9.27. The average Bonchev–Trinajstić information content (AvgIpc) is 2.81. The van der Waals surface area contributed by atoms with Gasteiger partial charge < -0.3 is 10.2 Å². The lowest BCUT2D eigenvalue weighted by atomic mass is 9.85. The Labute approximate surface area is 150 Å². The smallest absolute Gasteiger partial charge is 0.243 e. The summed E-state index contributed by atoms with van der Waals surface area (Å²) in [6.45, 7) is 5.45. The molecule has 0 spiro atoms. The summed E-state index contributed by atoms with van der Waals surface area (Å²) >= 11 is 0. The Morgan fingerprint density at radius 1 is 1.20 bits per heavy atom. The molecule has 140 valence electrons. The third-order valence-electron chi connectivity index (χ3n) is 4.93. The van der Waals surface area contributed by atoms with Gasteiger partial charge in [0, 0.05) is 6.54 Å². The van der Waals surface area contributed by atoms with Gasteiger partial charge in [-0.25, -0.2) is 0 Å². The number of hydrogen-bond acceptors (Lipinski definition) is 4. The third kappa shape index (κ3) is 4.69. The van der Waals surface area contributed by atoms with Gasteiger partial charge in [-0.15, -0.1) is 0 Å². The maximum atomic E-state index is 12.8. The fraction of sp³-hybridized carbons (Fsp3) is 0.737. The fourth-order valence-electron chi connectivity index (χ4n) is 3.63. The maximum Gasteiger partial charge on any atom is 0.243 e. The van der Waals surface area contributed by atoms with E-state index in [1.807, 2.05) is 40.1 Å². The van der Waals surface area contributed by atoms with Gasteiger partial charge in [-0.3, -0.25) is 19.3 Å². The van der Waals surface area contributed by atoms with E-state index in [1.54, 1.807) is 0 Å². The van der Waals surface area contributed by atoms with Crippen molar-refractivity contribution >= 4 is 17.7 Å². The van der Waals surface area contributed by atoms with Crippen LogP contribution in [0.2, 0.25) is 0 Å². The number of allylic oxidation sites excluding steroid dienone is 2. The van der Waals surface area contributed by atoms with Gasteiger partial charge in [0.1, 0.15) is 6.04 Å². The standard InChI is InChI=1S/C19H31N3O3/c1-13(2)12-16(17(23)20-10-7-11-21(3)4)22-18(24)14-8-5-6-9-15(14)19(22)25/h5-6,13-16H,7-12H2,1-4H3,(H,20,23). The van der Waals surface area contributed by atoms with Crippen molar-refractivity contribution < 1.29 is 14.4 Å². The van der Waals surface area contributed by atoms with Crippen LogP contribution in [0.25, 0.3) is 0 Å². The minimum Gasteiger partial charge on any atom is -0.354 e. The molecule has 1 N–H and O–H groups in total. The van der Waals surface area contributed by atoms with Crippen LogP contribution in [-0.2, 0) is 14.4 Å². The molecule has 0 bridgehead atoms. The lowest BCUT2D eigenvalue weighted by Crippen LogP contribution is -2.51. The van der Waals surface area contributed by atoms with Crippen LogP contribution in [0.4, 0.5) is 0 Å². The zero-order valence-corrected chi connectivity index (χ0v) is 15.8. The molecular formula is C19H31N3O3. The van der Waals surface area contributed by atoms with Gasteiger partial charge in [-0.1, -0.05) is 26.0 Å². The van der Waals surface area contributed by atoms with Crippen LogP contribution in [0, 0.1) is 17.8 Å². The van der Waals surface area contributed by atoms with Crippen LogP contribution in [0.15, 0.2) is 12.2 Å². The first-order chi connectivity index (χ1) is 11.8. The number of fused-ring (bicyclic) bond motifs is 1. The molecule has 1 aliphatic heterocycles. The zero-order valence-electron chi connectivity index (χ0n) is 15.8. The van der Waals surface area contributed by atoms with Crippen LogP contribution in [0.1, 0.15) is 39.5 Å². The molecule has 3 atom stereocenters. The summed E-state index contributed by atoms with van der Waals surface area (Å²) in [4.78, 5) is 41.6. The van der Waals surface area contributed by atoms with Gasteiger partial charge >= 0.3 is 0 Å². The van der Waals surface area contributed by atoms with E-state index in [4.69, 9.17) is 0 Å². The Morgan fingerprint density at radius 2 is 1.76 bits per heavy atom. The monoisotopic (exact) mass is 349 g/mol. The van der Waals surface area contributed by atoms with Gasteiger partial charge in [0.05, 0.1) is 11.8 Å². The second kappa shape index (κ2) is 8.61. The lowest BCUT2D eigenvalue weighted by Gasteiger charge is -2.27. The molecule has 1 fully saturated rings. The van der Waals surface area contributed by atoms with Crippen molar-refractivity contribution in [1.82, 2.24) is 15.1 Å². The van der Waals surface area contributed by atoms with E-state index < -0.39 is 6.04 Å². The molecule has 25 heavy (non-hydrogen) atoms. The molecule has 2 rings (SSSR count). The van der Waals surface area contributed by atoms with E-state index in [0.717, 1.165) is 13.0 Å². The van der Waals surface area contributed by atoms with Gasteiger partial charge in [-0.2, -0.15) is 0 Å². The summed E-state index contributed by atoms with van der Waals surface area (Å²) in [6.07, 6.45) is 6.48. The Kier molecular flexibility index (Phi) is 6.76. The minimum absolute atomic E-state index is 0.173. The van der Waals surface area contributed by atoms with Crippen LogP contribution >= 0.6 is 0 Å². The Morgan fingerprint density at radius 3 is 2.24 bits per heavy atom. The predicted molar refractivity (Wildman–Crippen MR) is 96.6 cm³/mol. The predicted octanol–water partition coefficient (Wildman–Crippen LogP) is 1.42. The molecule has 3 amide bonds. The number of imide groups is 1. The normalized spacial score (nSPS) is 24.2. The van der Waals surface area contributed by atoms with E-state index in [-0.39, 0.29) is 35.5 Å². The van der Waals surface area contributed by atoms with Crippen molar-refractivity contribution in [1.29, 1.82) is 0 Å². The number of carbonyl (C=O) groups excluding carboxylic acids is 3. The number of nitrogens with one attached hydrogen (secondary N) is 1. The molecule has 6 heteroatoms. The van der Waals surface area contributed by atoms with Crippen molar-refractivity contribution in [3.05, 3.63) is 12.2 Å². The molecule has 0 radical (unpaired) electrons. The molecule has 1 heterocycles. The van der Waals surface area contributed by atoms with E-state index >= 15 is 0 Å². The quantitative estimate of drug-likeness (QED) is 0.409. The van der Waals surface area contributed by atoms with Crippen LogP contribution < -0.4 is 5.32 Å². The molecule has 0 saturated carbocycles. The first kappa shape index (κ1) is 19.6. The van der Waals surface area contributed by atoms with E-state index in [9.17, 15) is 14.4 Å². The number of nitrogens with zero attached hydrogens (tertiary/aromatic N) is 2. The molecule has 0 aromatic heterocycles. The topological polar surface area (TPSA) is 69.7 Å². The Hall–Kier alpha value is -1.69. The van der Waals surface area contributed by atoms with Crippen molar-refractivity contribution in [2.45, 2.75) is 45.6 Å². The third-order valence-corrected chi connectivity index (χ3v) is 4.93. The molecule has 1 saturated heterocycles. The first-order valence-electron chi connectivity index (χ1n) is 9.27. The van der Waals surface area contributed by atoms with Gasteiger partial charge in [0.2, 0.25) is 17.7 Å². The van der Waals surface area contributed by atoms with E-state index in [1.165, 1.54) is 4.90 Å². The highest BCUT2D eigenvalue weighted by Crippen LogP contribution is 2.37. The summed E-state index contributed by atoms with van der Waals surface area (Å²) in [5.74, 6) is -0.899. The highest BCUT2D eigenvalue weighted by molar-refractivity contribution is 6.08. The second-order valence-corrected chi connectivity index (χ2v) is 7.80. The average molecular weight is 349 g/mol. The van der Waals surface area contributed by atoms with E-state index in [0.29, 0.717) is 25.8 Å². The number of hydrogen-bond donors (Lipinski definition) is 1. The largest absolute Gasteiger partial charge is 0.354 e. The second-order valence-electron chi connectivity index (χ2n) is 7.80. The highest BCUT2D eigenvalue weighted by Gasteiger charge is 2.51. The Bertz CT molecular complexity index is 516. The number of amides is 3.